The normalized spacial score (nSPS) is 11.4. The third kappa shape index (κ3) is 5.60. The van der Waals surface area contributed by atoms with Crippen molar-refractivity contribution in [1.82, 2.24) is 9.55 Å². The van der Waals surface area contributed by atoms with E-state index in [4.69, 9.17) is 9.47 Å². The molecule has 0 fully saturated rings. The number of carbonyl (C=O) groups excluding carboxylic acids is 2. The Kier molecular flexibility index (Phi) is 7.68. The first-order valence-corrected chi connectivity index (χ1v) is 11.5. The Morgan fingerprint density at radius 3 is 2.53 bits per heavy atom. The van der Waals surface area contributed by atoms with Crippen LogP contribution in [0.15, 0.2) is 52.6 Å². The Bertz CT molecular complexity index is 1270. The molecule has 0 radical (unpaired) electrons. The summed E-state index contributed by atoms with van der Waals surface area (Å²) in [7, 11) is 2.69. The Morgan fingerprint density at radius 1 is 1.18 bits per heavy atom. The van der Waals surface area contributed by atoms with Crippen molar-refractivity contribution >= 4 is 35.0 Å². The molecular formula is C25H27N3O5S. The molecule has 0 saturated carbocycles. The third-order valence-electron chi connectivity index (χ3n) is 4.82. The molecule has 34 heavy (non-hydrogen) atoms. The van der Waals surface area contributed by atoms with Gasteiger partial charge in [-0.05, 0) is 37.8 Å². The minimum absolute atomic E-state index is 0.255. The molecule has 0 aliphatic heterocycles. The zero-order chi connectivity index (χ0) is 24.9. The van der Waals surface area contributed by atoms with Gasteiger partial charge in [-0.25, -0.2) is 9.78 Å². The van der Waals surface area contributed by atoms with Crippen molar-refractivity contribution in [3.8, 4) is 16.5 Å². The molecule has 3 rings (SSSR count). The lowest BCUT2D eigenvalue weighted by molar-refractivity contribution is -0.143. The molecule has 1 N–H and O–H groups in total. The number of nitrogens with one attached hydrogen (secondary N) is 1. The first-order valence-electron chi connectivity index (χ1n) is 10.6. The Hall–Kier alpha value is -3.72. The molecule has 2 heterocycles. The fourth-order valence-corrected chi connectivity index (χ4v) is 3.80. The van der Waals surface area contributed by atoms with Crippen LogP contribution < -0.4 is 15.6 Å². The van der Waals surface area contributed by atoms with Crippen LogP contribution in [-0.4, -0.2) is 35.1 Å². The second kappa shape index (κ2) is 10.5. The minimum Gasteiger partial charge on any atom is -0.464 e. The number of hydrogen-bond donors (Lipinski definition) is 1. The van der Waals surface area contributed by atoms with Crippen molar-refractivity contribution in [2.24, 2.45) is 12.5 Å². The van der Waals surface area contributed by atoms with E-state index in [9.17, 15) is 14.4 Å². The number of benzene rings is 1. The highest BCUT2D eigenvalue weighted by Crippen LogP contribution is 2.33. The number of aromatic nitrogens is 2. The molecule has 3 aromatic rings. The number of rotatable bonds is 7. The van der Waals surface area contributed by atoms with Gasteiger partial charge in [-0.1, -0.05) is 42.5 Å². The number of anilines is 1. The van der Waals surface area contributed by atoms with Crippen LogP contribution in [0.25, 0.3) is 16.8 Å². The van der Waals surface area contributed by atoms with Gasteiger partial charge in [0.25, 0.3) is 5.56 Å². The average molecular weight is 482 g/mol. The van der Waals surface area contributed by atoms with Crippen LogP contribution in [0.2, 0.25) is 0 Å². The molecule has 0 bridgehead atoms. The van der Waals surface area contributed by atoms with Gasteiger partial charge in [-0.2, -0.15) is 0 Å². The zero-order valence-electron chi connectivity index (χ0n) is 19.7. The largest absolute Gasteiger partial charge is 0.464 e. The van der Waals surface area contributed by atoms with Gasteiger partial charge < -0.3 is 14.8 Å². The average Bonchev–Trinajstić information content (AvgIpc) is 3.27. The van der Waals surface area contributed by atoms with Gasteiger partial charge in [-0.3, -0.25) is 14.2 Å². The predicted molar refractivity (Wildman–Crippen MR) is 133 cm³/mol. The van der Waals surface area contributed by atoms with Crippen molar-refractivity contribution in [1.29, 1.82) is 0 Å². The Labute approximate surface area is 201 Å². The number of hydrogen-bond acceptors (Lipinski definition) is 8. The fourth-order valence-electron chi connectivity index (χ4n) is 2.91. The van der Waals surface area contributed by atoms with Gasteiger partial charge in [-0.15, -0.1) is 11.3 Å². The Morgan fingerprint density at radius 2 is 1.88 bits per heavy atom. The van der Waals surface area contributed by atoms with Gasteiger partial charge in [0, 0.05) is 13.6 Å². The third-order valence-corrected chi connectivity index (χ3v) is 5.73. The summed E-state index contributed by atoms with van der Waals surface area (Å²) in [6, 6.07) is 11.8. The van der Waals surface area contributed by atoms with Crippen LogP contribution in [0.3, 0.4) is 0 Å². The quantitative estimate of drug-likeness (QED) is 0.500. The lowest BCUT2D eigenvalue weighted by Crippen LogP contribution is -2.32. The highest BCUT2D eigenvalue weighted by atomic mass is 32.1. The predicted octanol–water partition coefficient (Wildman–Crippen LogP) is 4.37. The number of ether oxygens (including phenoxy) is 2. The van der Waals surface area contributed by atoms with Gasteiger partial charge in [0.05, 0.1) is 23.1 Å². The summed E-state index contributed by atoms with van der Waals surface area (Å²) in [5, 5.41) is 5.16. The highest BCUT2D eigenvalue weighted by Gasteiger charge is 2.30. The smallest absolute Gasteiger partial charge is 0.360 e. The lowest BCUT2D eigenvalue weighted by Gasteiger charge is -2.18. The minimum atomic E-state index is -0.880. The first-order chi connectivity index (χ1) is 16.1. The molecule has 2 aromatic heterocycles. The van der Waals surface area contributed by atoms with E-state index in [2.05, 4.69) is 10.3 Å². The first kappa shape index (κ1) is 24.9. The lowest BCUT2D eigenvalue weighted by atomic mass is 9.97. The van der Waals surface area contributed by atoms with Crippen LogP contribution in [0.1, 0.15) is 36.8 Å². The molecule has 0 atom stereocenters. The molecular weight excluding hydrogens is 454 g/mol. The second-order valence-electron chi connectivity index (χ2n) is 8.47. The molecule has 0 aliphatic rings. The molecule has 1 aromatic carbocycles. The molecule has 0 amide bonds. The summed E-state index contributed by atoms with van der Waals surface area (Å²) in [5.74, 6) is -1.72. The van der Waals surface area contributed by atoms with E-state index in [1.807, 2.05) is 53.9 Å². The summed E-state index contributed by atoms with van der Waals surface area (Å²) in [6.45, 7) is 5.48. The molecule has 0 unspecified atom stereocenters. The number of thiophene rings is 1. The monoisotopic (exact) mass is 481 g/mol. The van der Waals surface area contributed by atoms with Crippen LogP contribution >= 0.6 is 11.3 Å². The Balaban J connectivity index is 1.95. The maximum atomic E-state index is 13.1. The van der Waals surface area contributed by atoms with Crippen LogP contribution in [0.4, 0.5) is 5.69 Å². The summed E-state index contributed by atoms with van der Waals surface area (Å²) in [4.78, 5) is 43.0. The number of esters is 2. The standard InChI is InChI=1S/C25H27N3O5S/c1-25(2,3)24(31)33-19-18(23(30)32-5)27-21(28(4)22(19)29)20-17(13-15-34-20)26-14-9-12-16-10-7-6-8-11-16/h6-13,15,26H,14H2,1-5H3. The van der Waals surface area contributed by atoms with Crippen LogP contribution in [0, 0.1) is 5.41 Å². The molecule has 0 aliphatic carbocycles. The van der Waals surface area contributed by atoms with Gasteiger partial charge >= 0.3 is 11.9 Å². The molecule has 0 spiro atoms. The number of methoxy groups -OCH3 is 1. The van der Waals surface area contributed by atoms with E-state index < -0.39 is 28.7 Å². The summed E-state index contributed by atoms with van der Waals surface area (Å²) >= 11 is 1.36. The van der Waals surface area contributed by atoms with Crippen LogP contribution in [0.5, 0.6) is 5.75 Å². The SMILES string of the molecule is COC(=O)c1nc(-c2sccc2NCC=Cc2ccccc2)n(C)c(=O)c1OC(=O)C(C)(C)C. The van der Waals surface area contributed by atoms with Gasteiger partial charge in [0.2, 0.25) is 5.75 Å². The van der Waals surface area contributed by atoms with Crippen molar-refractivity contribution in [3.05, 3.63) is 69.5 Å². The van der Waals surface area contributed by atoms with Crippen molar-refractivity contribution in [2.45, 2.75) is 20.8 Å². The van der Waals surface area contributed by atoms with E-state index in [0.717, 1.165) is 11.3 Å². The fraction of sp³-hybridized carbons (Fsp3) is 0.280. The van der Waals surface area contributed by atoms with Crippen molar-refractivity contribution < 1.29 is 19.1 Å². The van der Waals surface area contributed by atoms with Crippen molar-refractivity contribution in [3.63, 3.8) is 0 Å². The topological polar surface area (TPSA) is 99.5 Å². The second-order valence-corrected chi connectivity index (χ2v) is 9.38. The number of nitrogens with zero attached hydrogens (tertiary/aromatic N) is 2. The molecule has 9 heteroatoms. The van der Waals surface area contributed by atoms with E-state index >= 15 is 0 Å². The zero-order valence-corrected chi connectivity index (χ0v) is 20.6. The number of carbonyl (C=O) groups is 2. The maximum Gasteiger partial charge on any atom is 0.360 e. The van der Waals surface area contributed by atoms with Crippen molar-refractivity contribution in [2.75, 3.05) is 19.0 Å². The summed E-state index contributed by atoms with van der Waals surface area (Å²) in [6.07, 6.45) is 3.99. The van der Waals surface area contributed by atoms with Crippen LogP contribution in [-0.2, 0) is 16.6 Å². The van der Waals surface area contributed by atoms with Gasteiger partial charge in [0.1, 0.15) is 0 Å². The highest BCUT2D eigenvalue weighted by molar-refractivity contribution is 7.14. The summed E-state index contributed by atoms with van der Waals surface area (Å²) < 4.78 is 11.4. The maximum absolute atomic E-state index is 13.1. The molecule has 8 nitrogen and oxygen atoms in total. The van der Waals surface area contributed by atoms with E-state index in [1.165, 1.54) is 30.1 Å². The summed E-state index contributed by atoms with van der Waals surface area (Å²) in [5.41, 5.74) is -0.0508. The van der Waals surface area contributed by atoms with Gasteiger partial charge in [0.15, 0.2) is 11.5 Å². The molecule has 178 valence electrons. The molecule has 0 saturated heterocycles. The van der Waals surface area contributed by atoms with E-state index in [0.29, 0.717) is 11.4 Å². The van der Waals surface area contributed by atoms with E-state index in [-0.39, 0.29) is 11.5 Å². The van der Waals surface area contributed by atoms with E-state index in [1.54, 1.807) is 20.8 Å².